The highest BCUT2D eigenvalue weighted by Crippen LogP contribution is 2.31. The third-order valence-corrected chi connectivity index (χ3v) is 2.30. The minimum Gasteiger partial charge on any atom is -0.487 e. The predicted molar refractivity (Wildman–Crippen MR) is 54.8 cm³/mol. The van der Waals surface area contributed by atoms with Gasteiger partial charge in [-0.25, -0.2) is 8.78 Å². The number of hydrogen-bond donors (Lipinski definition) is 1. The molecule has 2 nitrogen and oxygen atoms in total. The van der Waals surface area contributed by atoms with Crippen LogP contribution in [0.1, 0.15) is 12.5 Å². The van der Waals surface area contributed by atoms with Gasteiger partial charge in [-0.1, -0.05) is 6.07 Å². The summed E-state index contributed by atoms with van der Waals surface area (Å²) in [6.45, 7) is 1.14. The van der Waals surface area contributed by atoms with Crippen LogP contribution in [0.2, 0.25) is 0 Å². The predicted octanol–water partition coefficient (Wildman–Crippen LogP) is 2.69. The van der Waals surface area contributed by atoms with Gasteiger partial charge in [0, 0.05) is 24.7 Å². The molecule has 0 fully saturated rings. The number of ether oxygens (including phenoxy) is 1. The zero-order valence-corrected chi connectivity index (χ0v) is 8.52. The summed E-state index contributed by atoms with van der Waals surface area (Å²) < 4.78 is 30.4. The van der Waals surface area contributed by atoms with E-state index in [-0.39, 0.29) is 0 Å². The van der Waals surface area contributed by atoms with Crippen LogP contribution in [0.15, 0.2) is 18.2 Å². The van der Waals surface area contributed by atoms with Gasteiger partial charge in [-0.3, -0.25) is 0 Å². The molecule has 4 heteroatoms. The van der Waals surface area contributed by atoms with Gasteiger partial charge in [0.05, 0.1) is 0 Å². The van der Waals surface area contributed by atoms with Crippen LogP contribution in [-0.2, 0) is 6.42 Å². The molecule has 0 bridgehead atoms. The van der Waals surface area contributed by atoms with E-state index in [0.717, 1.165) is 31.1 Å². The highest BCUT2D eigenvalue weighted by molar-refractivity contribution is 5.61. The van der Waals surface area contributed by atoms with Gasteiger partial charge in [-0.05, 0) is 18.6 Å². The van der Waals surface area contributed by atoms with Crippen LogP contribution in [0.25, 0.3) is 0 Å². The van der Waals surface area contributed by atoms with E-state index in [0.29, 0.717) is 5.75 Å². The molecule has 0 aliphatic carbocycles. The fourth-order valence-corrected chi connectivity index (χ4v) is 1.65. The summed E-state index contributed by atoms with van der Waals surface area (Å²) in [5, 5.41) is 3.17. The summed E-state index contributed by atoms with van der Waals surface area (Å²) in [4.78, 5) is 0. The second-order valence-corrected chi connectivity index (χ2v) is 3.82. The van der Waals surface area contributed by atoms with E-state index in [1.54, 1.807) is 12.1 Å². The Hall–Kier alpha value is -1.32. The average Bonchev–Trinajstić information content (AvgIpc) is 2.61. The average molecular weight is 213 g/mol. The number of rotatable bonds is 3. The number of hydrogen-bond acceptors (Lipinski definition) is 2. The van der Waals surface area contributed by atoms with Gasteiger partial charge in [-0.15, -0.1) is 0 Å². The Morgan fingerprint density at radius 3 is 3.00 bits per heavy atom. The van der Waals surface area contributed by atoms with Gasteiger partial charge in [0.2, 0.25) is 0 Å². The summed E-state index contributed by atoms with van der Waals surface area (Å²) in [5.41, 5.74) is 1.99. The molecular formula is C11H13F2NO. The topological polar surface area (TPSA) is 21.3 Å². The summed E-state index contributed by atoms with van der Waals surface area (Å²) in [6, 6.07) is 5.47. The lowest BCUT2D eigenvalue weighted by atomic mass is 10.1. The van der Waals surface area contributed by atoms with Crippen LogP contribution in [0.3, 0.4) is 0 Å². The van der Waals surface area contributed by atoms with Gasteiger partial charge < -0.3 is 10.1 Å². The highest BCUT2D eigenvalue weighted by atomic mass is 19.3. The van der Waals surface area contributed by atoms with Crippen molar-refractivity contribution < 1.29 is 13.5 Å². The lowest BCUT2D eigenvalue weighted by Gasteiger charge is -2.14. The van der Waals surface area contributed by atoms with Crippen molar-refractivity contribution >= 4 is 5.69 Å². The van der Waals surface area contributed by atoms with Crippen molar-refractivity contribution in [3.8, 4) is 5.75 Å². The van der Waals surface area contributed by atoms with Crippen LogP contribution in [0, 0.1) is 0 Å². The Bertz CT molecular complexity index is 360. The molecule has 0 atom stereocenters. The van der Waals surface area contributed by atoms with Crippen molar-refractivity contribution in [2.45, 2.75) is 19.3 Å². The molecule has 0 radical (unpaired) electrons. The molecule has 82 valence electrons. The zero-order valence-electron chi connectivity index (χ0n) is 8.52. The second-order valence-electron chi connectivity index (χ2n) is 3.82. The number of anilines is 1. The Kier molecular flexibility index (Phi) is 2.50. The molecule has 1 N–H and O–H groups in total. The lowest BCUT2D eigenvalue weighted by molar-refractivity contribution is -0.0231. The van der Waals surface area contributed by atoms with Crippen molar-refractivity contribution in [3.63, 3.8) is 0 Å². The van der Waals surface area contributed by atoms with E-state index >= 15 is 0 Å². The first-order valence-electron chi connectivity index (χ1n) is 4.93. The lowest BCUT2D eigenvalue weighted by Crippen LogP contribution is -2.21. The Balaban J connectivity index is 2.12. The molecule has 1 aromatic rings. The van der Waals surface area contributed by atoms with Crippen molar-refractivity contribution in [2.24, 2.45) is 0 Å². The van der Waals surface area contributed by atoms with Gasteiger partial charge >= 0.3 is 0 Å². The van der Waals surface area contributed by atoms with Crippen LogP contribution < -0.4 is 10.1 Å². The smallest absolute Gasteiger partial charge is 0.278 e. The molecule has 1 aliphatic rings. The van der Waals surface area contributed by atoms with Crippen molar-refractivity contribution in [2.75, 3.05) is 18.5 Å². The Morgan fingerprint density at radius 2 is 2.27 bits per heavy atom. The summed E-state index contributed by atoms with van der Waals surface area (Å²) in [6.07, 6.45) is 0.834. The van der Waals surface area contributed by atoms with Gasteiger partial charge in [-0.2, -0.15) is 0 Å². The monoisotopic (exact) mass is 213 g/mol. The fraction of sp³-hybridized carbons (Fsp3) is 0.455. The highest BCUT2D eigenvalue weighted by Gasteiger charge is 2.23. The Labute approximate surface area is 87.2 Å². The first-order valence-corrected chi connectivity index (χ1v) is 4.93. The molecule has 1 heterocycles. The molecule has 0 saturated carbocycles. The molecule has 1 aromatic carbocycles. The molecule has 0 unspecified atom stereocenters. The van der Waals surface area contributed by atoms with Gasteiger partial charge in [0.15, 0.2) is 6.61 Å². The van der Waals surface area contributed by atoms with E-state index in [1.165, 1.54) is 0 Å². The SMILES string of the molecule is CC(F)(F)COc1cccc2c1CCN2. The molecule has 1 aliphatic heterocycles. The third-order valence-electron chi connectivity index (χ3n) is 2.30. The van der Waals surface area contributed by atoms with Crippen molar-refractivity contribution in [3.05, 3.63) is 23.8 Å². The maximum absolute atomic E-state index is 12.6. The Morgan fingerprint density at radius 1 is 1.47 bits per heavy atom. The second kappa shape index (κ2) is 3.68. The van der Waals surface area contributed by atoms with Crippen molar-refractivity contribution in [1.29, 1.82) is 0 Å². The van der Waals surface area contributed by atoms with Crippen LogP contribution in [0.5, 0.6) is 5.75 Å². The maximum Gasteiger partial charge on any atom is 0.278 e. The van der Waals surface area contributed by atoms with E-state index in [9.17, 15) is 8.78 Å². The largest absolute Gasteiger partial charge is 0.487 e. The van der Waals surface area contributed by atoms with E-state index in [1.807, 2.05) is 6.07 Å². The fourth-order valence-electron chi connectivity index (χ4n) is 1.65. The van der Waals surface area contributed by atoms with E-state index < -0.39 is 12.5 Å². The molecule has 15 heavy (non-hydrogen) atoms. The minimum absolute atomic E-state index is 0.566. The summed E-state index contributed by atoms with van der Waals surface area (Å²) in [7, 11) is 0. The molecular weight excluding hydrogens is 200 g/mol. The molecule has 0 amide bonds. The molecule has 2 rings (SSSR count). The molecule has 0 saturated heterocycles. The van der Waals surface area contributed by atoms with Gasteiger partial charge in [0.25, 0.3) is 5.92 Å². The third kappa shape index (κ3) is 2.37. The van der Waals surface area contributed by atoms with Gasteiger partial charge in [0.1, 0.15) is 5.75 Å². The summed E-state index contributed by atoms with van der Waals surface area (Å²) in [5.74, 6) is -2.21. The number of nitrogens with one attached hydrogen (secondary N) is 1. The number of benzene rings is 1. The van der Waals surface area contributed by atoms with E-state index in [4.69, 9.17) is 4.74 Å². The van der Waals surface area contributed by atoms with E-state index in [2.05, 4.69) is 5.32 Å². The standard InChI is InChI=1S/C11H13F2NO/c1-11(12,13)7-15-10-4-2-3-9-8(10)5-6-14-9/h2-4,14H,5-7H2,1H3. The number of alkyl halides is 2. The molecule has 0 aromatic heterocycles. The maximum atomic E-state index is 12.6. The first kappa shape index (κ1) is 10.2. The van der Waals surface area contributed by atoms with Crippen LogP contribution in [0.4, 0.5) is 14.5 Å². The number of fused-ring (bicyclic) bond motifs is 1. The van der Waals surface area contributed by atoms with Crippen molar-refractivity contribution in [1.82, 2.24) is 0 Å². The van der Waals surface area contributed by atoms with Crippen LogP contribution in [-0.4, -0.2) is 19.1 Å². The summed E-state index contributed by atoms with van der Waals surface area (Å²) >= 11 is 0. The number of halogens is 2. The first-order chi connectivity index (χ1) is 7.06. The quantitative estimate of drug-likeness (QED) is 0.833. The zero-order chi connectivity index (χ0) is 10.9. The van der Waals surface area contributed by atoms with Crippen LogP contribution >= 0.6 is 0 Å². The molecule has 0 spiro atoms. The normalized spacial score (nSPS) is 14.6. The minimum atomic E-state index is -2.78.